The maximum absolute atomic E-state index is 13.8. The molecule has 12 heteroatoms. The summed E-state index contributed by atoms with van der Waals surface area (Å²) in [5.41, 5.74) is 1.55. The molecule has 1 aromatic heterocycles. The number of rotatable bonds is 9. The predicted molar refractivity (Wildman–Crippen MR) is 135 cm³/mol. The number of aliphatic hydroxyl groups excluding tert-OH is 1. The number of aromatic nitrogens is 3. The lowest BCUT2D eigenvalue weighted by molar-refractivity contribution is -0.140. The van der Waals surface area contributed by atoms with Crippen molar-refractivity contribution < 1.29 is 19.5 Å². The van der Waals surface area contributed by atoms with E-state index < -0.39 is 22.6 Å². The highest BCUT2D eigenvalue weighted by atomic mass is 79.9. The van der Waals surface area contributed by atoms with E-state index in [0.717, 1.165) is 17.5 Å². The van der Waals surface area contributed by atoms with E-state index in [4.69, 9.17) is 5.11 Å². The number of hydrogen-bond acceptors (Lipinski definition) is 7. The molecule has 35 heavy (non-hydrogen) atoms. The number of para-hydroxylation sites is 1. The first-order valence-corrected chi connectivity index (χ1v) is 13.7. The maximum atomic E-state index is 13.8. The number of amides is 3. The quantitative estimate of drug-likeness (QED) is 0.304. The minimum absolute atomic E-state index is 0.0442. The van der Waals surface area contributed by atoms with Gasteiger partial charge in [0.1, 0.15) is 18.2 Å². The van der Waals surface area contributed by atoms with E-state index in [9.17, 15) is 14.4 Å². The largest absolute Gasteiger partial charge is 0.396 e. The number of nitrogens with one attached hydrogen (secondary N) is 2. The summed E-state index contributed by atoms with van der Waals surface area (Å²) in [6.07, 6.45) is 2.73. The number of benzene rings is 1. The first kappa shape index (κ1) is 24.5. The highest BCUT2D eigenvalue weighted by Crippen LogP contribution is 2.67. The van der Waals surface area contributed by atoms with Crippen molar-refractivity contribution in [1.82, 2.24) is 30.5 Å². The standard InChI is InChI=1S/C23H29BrN6O4S/c1-25-20(32)16-17-22(34)29(9-5-2-6-10-31)19(23(17)11-13(24)18(16)35-23)21(33)26-12-30-15-8-4-3-7-14(15)27-28-30/h3-4,7-8,13,16-19,31H,2,5-6,9-12H2,1H3,(H,25,32)(H,26,33)/t13?,16-,17+,18-,19?,23?/m1/s1. The van der Waals surface area contributed by atoms with E-state index >= 15 is 0 Å². The number of thioether (sulfide) groups is 1. The molecule has 1 spiro atoms. The summed E-state index contributed by atoms with van der Waals surface area (Å²) in [4.78, 5) is 42.1. The maximum Gasteiger partial charge on any atom is 0.245 e. The van der Waals surface area contributed by atoms with Gasteiger partial charge in [0.25, 0.3) is 0 Å². The van der Waals surface area contributed by atoms with Gasteiger partial charge in [-0.15, -0.1) is 16.9 Å². The molecule has 3 aliphatic heterocycles. The van der Waals surface area contributed by atoms with Crippen LogP contribution in [0.4, 0.5) is 0 Å². The van der Waals surface area contributed by atoms with E-state index in [1.165, 1.54) is 0 Å². The molecule has 0 aliphatic carbocycles. The Balaban J connectivity index is 1.43. The zero-order chi connectivity index (χ0) is 24.7. The molecule has 0 saturated carbocycles. The normalized spacial score (nSPS) is 31.2. The van der Waals surface area contributed by atoms with Crippen molar-refractivity contribution in [1.29, 1.82) is 0 Å². The number of aliphatic hydroxyl groups is 1. The second-order valence-corrected chi connectivity index (χ2v) is 12.1. The van der Waals surface area contributed by atoms with Crippen LogP contribution >= 0.6 is 27.7 Å². The molecule has 3 aliphatic rings. The van der Waals surface area contributed by atoms with Gasteiger partial charge in [-0.25, -0.2) is 4.68 Å². The fourth-order valence-electron chi connectivity index (χ4n) is 5.99. The highest BCUT2D eigenvalue weighted by molar-refractivity contribution is 9.09. The summed E-state index contributed by atoms with van der Waals surface area (Å²) >= 11 is 5.36. The van der Waals surface area contributed by atoms with Crippen molar-refractivity contribution in [2.24, 2.45) is 11.8 Å². The van der Waals surface area contributed by atoms with Crippen LogP contribution in [0, 0.1) is 11.8 Å². The molecule has 3 fully saturated rings. The van der Waals surface area contributed by atoms with Crippen LogP contribution in [-0.2, 0) is 21.1 Å². The Hall–Kier alpha value is -2.18. The zero-order valence-electron chi connectivity index (χ0n) is 19.4. The Morgan fingerprint density at radius 2 is 2.06 bits per heavy atom. The monoisotopic (exact) mass is 564 g/mol. The van der Waals surface area contributed by atoms with Gasteiger partial charge < -0.3 is 20.6 Å². The second-order valence-electron chi connectivity index (χ2n) is 9.37. The summed E-state index contributed by atoms with van der Waals surface area (Å²) in [6, 6.07) is 6.83. The molecule has 3 amide bonds. The molecule has 188 valence electrons. The van der Waals surface area contributed by atoms with Gasteiger partial charge in [-0.1, -0.05) is 33.3 Å². The molecule has 3 saturated heterocycles. The first-order valence-electron chi connectivity index (χ1n) is 11.9. The third-order valence-electron chi connectivity index (χ3n) is 7.47. The minimum atomic E-state index is -0.686. The van der Waals surface area contributed by atoms with Crippen LogP contribution < -0.4 is 10.6 Å². The molecule has 0 radical (unpaired) electrons. The molecule has 2 aromatic rings. The topological polar surface area (TPSA) is 129 Å². The number of halogens is 1. The molecule has 10 nitrogen and oxygen atoms in total. The van der Waals surface area contributed by atoms with Gasteiger partial charge in [-0.2, -0.15) is 0 Å². The fraction of sp³-hybridized carbons (Fsp3) is 0.609. The number of carbonyl (C=O) groups is 3. The lowest BCUT2D eigenvalue weighted by atomic mass is 9.70. The van der Waals surface area contributed by atoms with Gasteiger partial charge in [0, 0.05) is 30.3 Å². The Labute approximate surface area is 215 Å². The molecule has 2 bridgehead atoms. The zero-order valence-corrected chi connectivity index (χ0v) is 21.8. The molecular formula is C23H29BrN6O4S. The summed E-state index contributed by atoms with van der Waals surface area (Å²) in [5, 5.41) is 23.1. The van der Waals surface area contributed by atoms with Gasteiger partial charge in [0.15, 0.2) is 0 Å². The van der Waals surface area contributed by atoms with Crippen LogP contribution in [0.25, 0.3) is 11.0 Å². The Kier molecular flexibility index (Phi) is 6.79. The van der Waals surface area contributed by atoms with Crippen LogP contribution in [0.2, 0.25) is 0 Å². The predicted octanol–water partition coefficient (Wildman–Crippen LogP) is 0.878. The van der Waals surface area contributed by atoms with Gasteiger partial charge in [-0.05, 0) is 37.8 Å². The molecule has 6 atom stereocenters. The van der Waals surface area contributed by atoms with Crippen LogP contribution in [0.15, 0.2) is 24.3 Å². The average Bonchev–Trinajstić information content (AvgIpc) is 3.57. The Morgan fingerprint density at radius 3 is 2.83 bits per heavy atom. The number of alkyl halides is 1. The van der Waals surface area contributed by atoms with Crippen LogP contribution in [0.1, 0.15) is 25.7 Å². The summed E-state index contributed by atoms with van der Waals surface area (Å²) in [7, 11) is 1.59. The molecule has 3 N–H and O–H groups in total. The average molecular weight is 565 g/mol. The van der Waals surface area contributed by atoms with Crippen molar-refractivity contribution in [3.8, 4) is 0 Å². The first-order chi connectivity index (χ1) is 16.9. The van der Waals surface area contributed by atoms with E-state index in [2.05, 4.69) is 36.9 Å². The lowest BCUT2D eigenvalue weighted by Crippen LogP contribution is -2.54. The van der Waals surface area contributed by atoms with Gasteiger partial charge in [0.2, 0.25) is 17.7 Å². The van der Waals surface area contributed by atoms with Gasteiger partial charge in [-0.3, -0.25) is 14.4 Å². The number of unbranched alkanes of at least 4 members (excludes halogenated alkanes) is 2. The summed E-state index contributed by atoms with van der Waals surface area (Å²) in [5.74, 6) is -1.53. The van der Waals surface area contributed by atoms with Crippen molar-refractivity contribution in [2.45, 2.75) is 53.2 Å². The fourth-order valence-corrected chi connectivity index (χ4v) is 9.60. The number of fused-ring (bicyclic) bond motifs is 2. The molecular weight excluding hydrogens is 536 g/mol. The minimum Gasteiger partial charge on any atom is -0.396 e. The van der Waals surface area contributed by atoms with Crippen LogP contribution in [0.5, 0.6) is 0 Å². The Bertz CT molecular complexity index is 1150. The second kappa shape index (κ2) is 9.70. The van der Waals surface area contributed by atoms with E-state index in [1.54, 1.807) is 28.4 Å². The van der Waals surface area contributed by atoms with E-state index in [1.807, 2.05) is 24.3 Å². The van der Waals surface area contributed by atoms with Crippen LogP contribution in [0.3, 0.4) is 0 Å². The molecule has 4 heterocycles. The van der Waals surface area contributed by atoms with Gasteiger partial charge in [0.05, 0.1) is 22.1 Å². The third-order valence-corrected chi connectivity index (χ3v) is 10.7. The third kappa shape index (κ3) is 3.93. The lowest BCUT2D eigenvalue weighted by Gasteiger charge is -2.35. The molecule has 5 rings (SSSR count). The molecule has 3 unspecified atom stereocenters. The highest BCUT2D eigenvalue weighted by Gasteiger charge is 2.75. The smallest absolute Gasteiger partial charge is 0.245 e. The van der Waals surface area contributed by atoms with Gasteiger partial charge >= 0.3 is 0 Å². The number of carbonyl (C=O) groups excluding carboxylic acids is 3. The van der Waals surface area contributed by atoms with Crippen molar-refractivity contribution in [3.05, 3.63) is 24.3 Å². The summed E-state index contributed by atoms with van der Waals surface area (Å²) < 4.78 is 0.962. The number of likely N-dealkylation sites (tertiary alicyclic amines) is 1. The Morgan fingerprint density at radius 1 is 1.26 bits per heavy atom. The number of hydrogen-bond donors (Lipinski definition) is 3. The van der Waals surface area contributed by atoms with E-state index in [-0.39, 0.29) is 41.1 Å². The van der Waals surface area contributed by atoms with E-state index in [0.29, 0.717) is 25.8 Å². The van der Waals surface area contributed by atoms with Crippen molar-refractivity contribution in [3.63, 3.8) is 0 Å². The van der Waals surface area contributed by atoms with Crippen LogP contribution in [-0.4, -0.2) is 83.8 Å². The SMILES string of the molecule is CNC(=O)[C@H]1[C@@H]2SC3(CC2Br)C(C(=O)NCn2nnc4ccccc42)N(CCCCCO)C(=O)[C@H]13. The van der Waals surface area contributed by atoms with Crippen molar-refractivity contribution >= 4 is 56.4 Å². The number of nitrogens with zero attached hydrogens (tertiary/aromatic N) is 4. The molecule has 1 aromatic carbocycles. The van der Waals surface area contributed by atoms with Crippen molar-refractivity contribution in [2.75, 3.05) is 20.2 Å². The summed E-state index contributed by atoms with van der Waals surface area (Å²) in [6.45, 7) is 0.645.